The maximum atomic E-state index is 13.3. The highest BCUT2D eigenvalue weighted by molar-refractivity contribution is 5.92. The lowest BCUT2D eigenvalue weighted by Gasteiger charge is -2.46. The molecule has 1 fully saturated rings. The van der Waals surface area contributed by atoms with E-state index in [4.69, 9.17) is 18.9 Å². The molecule has 3 rings (SSSR count). The number of ether oxygens (including phenoxy) is 4. The summed E-state index contributed by atoms with van der Waals surface area (Å²) in [5, 5.41) is 46.7. The molecule has 0 bridgehead atoms. The first-order chi connectivity index (χ1) is 25.0. The van der Waals surface area contributed by atoms with E-state index in [9.17, 15) is 44.6 Å². The van der Waals surface area contributed by atoms with Crippen LogP contribution in [0.5, 0.6) is 0 Å². The largest absolute Gasteiger partial charge is 0.462 e. The van der Waals surface area contributed by atoms with Crippen LogP contribution in [0.15, 0.2) is 48.1 Å². The van der Waals surface area contributed by atoms with E-state index in [1.807, 2.05) is 0 Å². The number of amides is 1. The number of nitrogens with zero attached hydrogens (tertiary/aromatic N) is 2. The summed E-state index contributed by atoms with van der Waals surface area (Å²) in [5.41, 5.74) is 0.699. The molecule has 2 aliphatic heterocycles. The number of hydrogen-bond donors (Lipinski definition) is 4. The Bertz CT molecular complexity index is 1480. The van der Waals surface area contributed by atoms with Crippen LogP contribution in [0.25, 0.3) is 0 Å². The SMILES string of the molecule is CC[C@H]1OC(=O)C[C@@H](O)[C@H](C)[C@@H](O[C@@H]2O[C@H](C)[C@@H](O)[C@H](N(C)C)[C@H]2O)C(C=O)C[C@@H](C)C(=O)/C=C/C(C)=C/[C@@H]1COC(=O)Nc1ccc([N+](=O)[O-])cc1. The van der Waals surface area contributed by atoms with Crippen molar-refractivity contribution in [1.82, 2.24) is 4.90 Å². The fourth-order valence-corrected chi connectivity index (χ4v) is 6.59. The monoisotopic (exact) mass is 747 g/mol. The summed E-state index contributed by atoms with van der Waals surface area (Å²) in [6, 6.07) is 4.38. The summed E-state index contributed by atoms with van der Waals surface area (Å²) in [6.45, 7) is 8.08. The number of aldehydes is 1. The number of allylic oxidation sites excluding steroid dienone is 3. The number of hydrogen-bond acceptors (Lipinski definition) is 14. The Balaban J connectivity index is 1.88. The quantitative estimate of drug-likeness (QED) is 0.123. The summed E-state index contributed by atoms with van der Waals surface area (Å²) in [4.78, 5) is 63.9. The highest BCUT2D eigenvalue weighted by atomic mass is 16.7. The van der Waals surface area contributed by atoms with Crippen molar-refractivity contribution in [3.8, 4) is 0 Å². The summed E-state index contributed by atoms with van der Waals surface area (Å²) in [7, 11) is 3.36. The van der Waals surface area contributed by atoms with Gasteiger partial charge < -0.3 is 44.0 Å². The zero-order valence-corrected chi connectivity index (χ0v) is 31.2. The first kappa shape index (κ1) is 43.3. The molecule has 1 aromatic rings. The Morgan fingerprint density at radius 2 is 1.75 bits per heavy atom. The third-order valence-corrected chi connectivity index (χ3v) is 9.79. The number of non-ortho nitro benzene ring substituents is 1. The van der Waals surface area contributed by atoms with Crippen molar-refractivity contribution in [3.05, 3.63) is 58.2 Å². The summed E-state index contributed by atoms with van der Waals surface area (Å²) in [6.07, 6.45) is -3.65. The lowest BCUT2D eigenvalue weighted by molar-refractivity contribution is -0.384. The van der Waals surface area contributed by atoms with Crippen LogP contribution in [0.3, 0.4) is 0 Å². The van der Waals surface area contributed by atoms with E-state index in [-0.39, 0.29) is 36.6 Å². The second-order valence-electron chi connectivity index (χ2n) is 14.1. The Hall–Kier alpha value is -4.06. The number of rotatable bonds is 9. The number of cyclic esters (lactones) is 1. The van der Waals surface area contributed by atoms with Gasteiger partial charge in [-0.05, 0) is 59.0 Å². The zero-order chi connectivity index (χ0) is 39.6. The van der Waals surface area contributed by atoms with Crippen molar-refractivity contribution < 1.29 is 58.4 Å². The van der Waals surface area contributed by atoms with Gasteiger partial charge in [0.2, 0.25) is 0 Å². The minimum atomic E-state index is -1.40. The van der Waals surface area contributed by atoms with E-state index >= 15 is 0 Å². The lowest BCUT2D eigenvalue weighted by Crippen LogP contribution is -2.63. The second kappa shape index (κ2) is 19.9. The van der Waals surface area contributed by atoms with Gasteiger partial charge in [-0.3, -0.25) is 25.0 Å². The molecule has 2 heterocycles. The lowest BCUT2D eigenvalue weighted by atomic mass is 9.81. The minimum absolute atomic E-state index is 0.0119. The number of benzene rings is 1. The number of aliphatic hydroxyl groups is 3. The van der Waals surface area contributed by atoms with Gasteiger partial charge in [0.1, 0.15) is 25.1 Å². The number of nitro benzene ring substituents is 1. The number of likely N-dealkylation sites (N-methyl/N-ethyl adjacent to an activating group) is 1. The average Bonchev–Trinajstić information content (AvgIpc) is 3.10. The van der Waals surface area contributed by atoms with Crippen LogP contribution in [0.2, 0.25) is 0 Å². The van der Waals surface area contributed by atoms with E-state index in [1.54, 1.807) is 65.8 Å². The van der Waals surface area contributed by atoms with Crippen molar-refractivity contribution in [2.45, 2.75) is 103 Å². The highest BCUT2D eigenvalue weighted by Gasteiger charge is 2.47. The van der Waals surface area contributed by atoms with Gasteiger partial charge in [-0.25, -0.2) is 4.79 Å². The van der Waals surface area contributed by atoms with Crippen LogP contribution in [0.4, 0.5) is 16.2 Å². The predicted molar refractivity (Wildman–Crippen MR) is 191 cm³/mol. The predicted octanol–water partition coefficient (Wildman–Crippen LogP) is 3.18. The normalized spacial score (nSPS) is 35.0. The molecule has 1 unspecified atom stereocenters. The van der Waals surface area contributed by atoms with Gasteiger partial charge >= 0.3 is 12.1 Å². The molecule has 0 spiro atoms. The van der Waals surface area contributed by atoms with Gasteiger partial charge in [-0.2, -0.15) is 0 Å². The molecule has 0 radical (unpaired) electrons. The van der Waals surface area contributed by atoms with Crippen molar-refractivity contribution in [1.29, 1.82) is 0 Å². The molecule has 12 atom stereocenters. The maximum Gasteiger partial charge on any atom is 0.411 e. The minimum Gasteiger partial charge on any atom is -0.462 e. The molecule has 2 aliphatic rings. The third kappa shape index (κ3) is 12.0. The average molecular weight is 748 g/mol. The smallest absolute Gasteiger partial charge is 0.411 e. The first-order valence-corrected chi connectivity index (χ1v) is 17.7. The summed E-state index contributed by atoms with van der Waals surface area (Å²) < 4.78 is 23.4. The van der Waals surface area contributed by atoms with Gasteiger partial charge in [0.05, 0.1) is 41.8 Å². The highest BCUT2D eigenvalue weighted by Crippen LogP contribution is 2.32. The number of ketones is 1. The Morgan fingerprint density at radius 3 is 2.34 bits per heavy atom. The molecular formula is C37H53N3O13. The number of esters is 1. The van der Waals surface area contributed by atoms with Crippen LogP contribution < -0.4 is 5.32 Å². The van der Waals surface area contributed by atoms with Gasteiger partial charge in [-0.1, -0.05) is 38.5 Å². The molecule has 53 heavy (non-hydrogen) atoms. The van der Waals surface area contributed by atoms with Gasteiger partial charge in [0, 0.05) is 41.5 Å². The summed E-state index contributed by atoms with van der Waals surface area (Å²) in [5.74, 6) is -4.31. The molecule has 294 valence electrons. The van der Waals surface area contributed by atoms with E-state index in [0.29, 0.717) is 11.9 Å². The van der Waals surface area contributed by atoms with Crippen LogP contribution >= 0.6 is 0 Å². The molecule has 16 nitrogen and oxygen atoms in total. The van der Waals surface area contributed by atoms with Crippen molar-refractivity contribution >= 4 is 35.5 Å². The fraction of sp³-hybridized carbons (Fsp3) is 0.622. The molecule has 0 saturated carbocycles. The molecule has 1 saturated heterocycles. The second-order valence-corrected chi connectivity index (χ2v) is 14.1. The third-order valence-electron chi connectivity index (χ3n) is 9.79. The molecular weight excluding hydrogens is 694 g/mol. The number of nitrogens with one attached hydrogen (secondary N) is 1. The molecule has 16 heteroatoms. The van der Waals surface area contributed by atoms with Crippen molar-refractivity contribution in [2.24, 2.45) is 23.7 Å². The van der Waals surface area contributed by atoms with E-state index in [1.165, 1.54) is 30.3 Å². The van der Waals surface area contributed by atoms with Crippen LogP contribution in [-0.4, -0.2) is 119 Å². The molecule has 4 N–H and O–H groups in total. The molecule has 1 amide bonds. The first-order valence-electron chi connectivity index (χ1n) is 17.7. The number of nitro groups is 1. The molecule has 1 aromatic carbocycles. The van der Waals surface area contributed by atoms with Gasteiger partial charge in [-0.15, -0.1) is 0 Å². The van der Waals surface area contributed by atoms with E-state index < -0.39 is 96.0 Å². The van der Waals surface area contributed by atoms with E-state index in [2.05, 4.69) is 5.32 Å². The summed E-state index contributed by atoms with van der Waals surface area (Å²) >= 11 is 0. The number of aliphatic hydroxyl groups excluding tert-OH is 3. The Kier molecular flexibility index (Phi) is 16.2. The van der Waals surface area contributed by atoms with Crippen molar-refractivity contribution in [2.75, 3.05) is 26.0 Å². The Morgan fingerprint density at radius 1 is 1.09 bits per heavy atom. The number of carbonyl (C=O) groups is 4. The fourth-order valence-electron chi connectivity index (χ4n) is 6.59. The van der Waals surface area contributed by atoms with Gasteiger partial charge in [0.15, 0.2) is 12.1 Å². The van der Waals surface area contributed by atoms with E-state index in [0.717, 1.165) is 0 Å². The topological polar surface area (TPSA) is 224 Å². The molecule has 0 aromatic heterocycles. The van der Waals surface area contributed by atoms with Crippen LogP contribution in [0.1, 0.15) is 53.9 Å². The van der Waals surface area contributed by atoms with Crippen molar-refractivity contribution in [3.63, 3.8) is 0 Å². The number of carbonyl (C=O) groups excluding carboxylic acids is 4. The molecule has 0 aliphatic carbocycles. The maximum absolute atomic E-state index is 13.3. The standard InChI is InChI=1S/C37H53N3O13/c1-8-30-25(19-50-37(47)38-26-10-12-27(13-11-26)40(48)49)15-20(2)9-14-28(42)21(3)16-24(18-41)35(22(4)29(43)17-31(44)52-30)53-36-34(46)32(39(6)7)33(45)23(5)51-36/h9-15,18,21-25,29-30,32-36,43,45-46H,8,16-17,19H2,1-7H3,(H,38,47)/b14-9+,20-15+/t21-,22+,23-,24?,25-,29-,30-,32+,33-,34-,35-,36+/m1/s1. The zero-order valence-electron chi connectivity index (χ0n) is 31.2. The van der Waals surface area contributed by atoms with Gasteiger partial charge in [0.25, 0.3) is 5.69 Å². The number of anilines is 1. The van der Waals surface area contributed by atoms with Crippen LogP contribution in [0, 0.1) is 33.8 Å². The Labute approximate surface area is 309 Å². The van der Waals surface area contributed by atoms with Crippen LogP contribution in [-0.2, 0) is 33.3 Å².